The molecule has 2 fully saturated rings. The first-order valence-corrected chi connectivity index (χ1v) is 11.1. The SMILES string of the molecule is Cc1nc(C2CCOCC2)n(C2CCN(S(=O)(=O)c3ccc(F)c(C)c3)C2)n1. The summed E-state index contributed by atoms with van der Waals surface area (Å²) in [6, 6.07) is 3.89. The molecule has 0 N–H and O–H groups in total. The van der Waals surface area contributed by atoms with Gasteiger partial charge in [-0.25, -0.2) is 22.5 Å². The third-order valence-corrected chi connectivity index (χ3v) is 7.45. The van der Waals surface area contributed by atoms with E-state index in [1.807, 2.05) is 11.6 Å². The molecule has 0 aliphatic carbocycles. The Morgan fingerprint density at radius 1 is 1.18 bits per heavy atom. The van der Waals surface area contributed by atoms with E-state index < -0.39 is 15.8 Å². The highest BCUT2D eigenvalue weighted by Crippen LogP contribution is 2.32. The van der Waals surface area contributed by atoms with Crippen molar-refractivity contribution in [3.8, 4) is 0 Å². The zero-order valence-electron chi connectivity index (χ0n) is 16.1. The van der Waals surface area contributed by atoms with Crippen molar-refractivity contribution >= 4 is 10.0 Å². The molecule has 9 heteroatoms. The summed E-state index contributed by atoms with van der Waals surface area (Å²) < 4.78 is 48.4. The minimum absolute atomic E-state index is 0.0460. The molecular weight excluding hydrogens is 383 g/mol. The maximum atomic E-state index is 13.5. The number of nitrogens with zero attached hydrogens (tertiary/aromatic N) is 4. The van der Waals surface area contributed by atoms with Gasteiger partial charge in [-0.05, 0) is 56.9 Å². The monoisotopic (exact) mass is 408 g/mol. The molecule has 0 bridgehead atoms. The van der Waals surface area contributed by atoms with Crippen LogP contribution in [0.2, 0.25) is 0 Å². The number of aromatic nitrogens is 3. The number of halogens is 1. The van der Waals surface area contributed by atoms with Crippen LogP contribution in [-0.2, 0) is 14.8 Å². The summed E-state index contributed by atoms with van der Waals surface area (Å²) in [6.45, 7) is 5.62. The molecule has 28 heavy (non-hydrogen) atoms. The van der Waals surface area contributed by atoms with Crippen LogP contribution in [0.4, 0.5) is 4.39 Å². The third kappa shape index (κ3) is 3.58. The van der Waals surface area contributed by atoms with Crippen molar-refractivity contribution in [2.45, 2.75) is 50.0 Å². The van der Waals surface area contributed by atoms with Gasteiger partial charge in [0.1, 0.15) is 17.5 Å². The predicted octanol–water partition coefficient (Wildman–Crippen LogP) is 2.56. The van der Waals surface area contributed by atoms with Crippen molar-refractivity contribution < 1.29 is 17.5 Å². The third-order valence-electron chi connectivity index (χ3n) is 5.59. The summed E-state index contributed by atoms with van der Waals surface area (Å²) in [5.74, 6) is 1.53. The van der Waals surface area contributed by atoms with Crippen LogP contribution >= 0.6 is 0 Å². The fourth-order valence-electron chi connectivity index (χ4n) is 4.00. The molecule has 2 aliphatic rings. The first-order valence-electron chi connectivity index (χ1n) is 9.63. The maximum absolute atomic E-state index is 13.5. The maximum Gasteiger partial charge on any atom is 0.243 e. The Balaban J connectivity index is 1.56. The van der Waals surface area contributed by atoms with Gasteiger partial charge in [0.15, 0.2) is 0 Å². The van der Waals surface area contributed by atoms with Crippen LogP contribution in [0.1, 0.15) is 48.4 Å². The van der Waals surface area contributed by atoms with Crippen molar-refractivity contribution in [1.82, 2.24) is 19.1 Å². The van der Waals surface area contributed by atoms with Gasteiger partial charge in [-0.2, -0.15) is 9.40 Å². The molecule has 2 aliphatic heterocycles. The van der Waals surface area contributed by atoms with E-state index in [0.29, 0.717) is 50.0 Å². The van der Waals surface area contributed by atoms with E-state index >= 15 is 0 Å². The molecule has 0 radical (unpaired) electrons. The highest BCUT2D eigenvalue weighted by atomic mass is 32.2. The van der Waals surface area contributed by atoms with Crippen molar-refractivity contribution in [2.75, 3.05) is 26.3 Å². The summed E-state index contributed by atoms with van der Waals surface area (Å²) in [4.78, 5) is 4.76. The van der Waals surface area contributed by atoms with Gasteiger partial charge in [-0.1, -0.05) is 0 Å². The Labute approximate surface area is 164 Å². The molecule has 1 unspecified atom stereocenters. The molecule has 4 rings (SSSR count). The summed E-state index contributed by atoms with van der Waals surface area (Å²) in [5, 5.41) is 4.58. The van der Waals surface area contributed by atoms with E-state index in [0.717, 1.165) is 18.7 Å². The van der Waals surface area contributed by atoms with Crippen molar-refractivity contribution in [1.29, 1.82) is 0 Å². The number of rotatable bonds is 4. The number of ether oxygens (including phenoxy) is 1. The second-order valence-corrected chi connectivity index (χ2v) is 9.50. The quantitative estimate of drug-likeness (QED) is 0.777. The second-order valence-electron chi connectivity index (χ2n) is 7.56. The lowest BCUT2D eigenvalue weighted by Crippen LogP contribution is -2.30. The van der Waals surface area contributed by atoms with Gasteiger partial charge < -0.3 is 4.74 Å². The summed E-state index contributed by atoms with van der Waals surface area (Å²) in [5.41, 5.74) is 0.325. The Kier molecular flexibility index (Phi) is 5.24. The zero-order valence-corrected chi connectivity index (χ0v) is 17.0. The molecule has 7 nitrogen and oxygen atoms in total. The van der Waals surface area contributed by atoms with Crippen molar-refractivity contribution in [3.63, 3.8) is 0 Å². The number of aryl methyl sites for hydroxylation is 2. The van der Waals surface area contributed by atoms with E-state index in [1.54, 1.807) is 6.92 Å². The van der Waals surface area contributed by atoms with E-state index in [1.165, 1.54) is 22.5 Å². The van der Waals surface area contributed by atoms with Gasteiger partial charge in [0.2, 0.25) is 10.0 Å². The van der Waals surface area contributed by atoms with Crippen LogP contribution in [0.25, 0.3) is 0 Å². The summed E-state index contributed by atoms with van der Waals surface area (Å²) >= 11 is 0. The largest absolute Gasteiger partial charge is 0.381 e. The Bertz CT molecular complexity index is 970. The molecular formula is C19H25FN4O3S. The van der Waals surface area contributed by atoms with Crippen LogP contribution < -0.4 is 0 Å². The Hall–Kier alpha value is -1.84. The number of hydrogen-bond acceptors (Lipinski definition) is 5. The Morgan fingerprint density at radius 2 is 1.93 bits per heavy atom. The first kappa shape index (κ1) is 19.5. The fraction of sp³-hybridized carbons (Fsp3) is 0.579. The molecule has 1 aromatic heterocycles. The average molecular weight is 408 g/mol. The second kappa shape index (κ2) is 7.53. The lowest BCUT2D eigenvalue weighted by molar-refractivity contribution is 0.0821. The summed E-state index contributed by atoms with van der Waals surface area (Å²) in [6.07, 6.45) is 2.49. The van der Waals surface area contributed by atoms with Crippen LogP contribution in [0.3, 0.4) is 0 Å². The van der Waals surface area contributed by atoms with Crippen LogP contribution in [-0.4, -0.2) is 53.8 Å². The molecule has 2 aromatic rings. The molecule has 1 aromatic carbocycles. The van der Waals surface area contributed by atoms with E-state index in [-0.39, 0.29) is 10.9 Å². The highest BCUT2D eigenvalue weighted by molar-refractivity contribution is 7.89. The van der Waals surface area contributed by atoms with Gasteiger partial charge >= 0.3 is 0 Å². The minimum atomic E-state index is -3.66. The van der Waals surface area contributed by atoms with Gasteiger partial charge in [-0.15, -0.1) is 0 Å². The molecule has 2 saturated heterocycles. The summed E-state index contributed by atoms with van der Waals surface area (Å²) in [7, 11) is -3.66. The predicted molar refractivity (Wildman–Crippen MR) is 101 cm³/mol. The molecule has 0 amide bonds. The molecule has 152 valence electrons. The van der Waals surface area contributed by atoms with Crippen LogP contribution in [0.5, 0.6) is 0 Å². The smallest absolute Gasteiger partial charge is 0.243 e. The fourth-order valence-corrected chi connectivity index (χ4v) is 5.58. The van der Waals surface area contributed by atoms with Gasteiger partial charge in [0.05, 0.1) is 10.9 Å². The highest BCUT2D eigenvalue weighted by Gasteiger charge is 2.36. The number of benzene rings is 1. The van der Waals surface area contributed by atoms with E-state index in [4.69, 9.17) is 4.74 Å². The molecule has 1 atom stereocenters. The molecule has 3 heterocycles. The molecule has 0 saturated carbocycles. The average Bonchev–Trinajstić information content (AvgIpc) is 3.31. The van der Waals surface area contributed by atoms with Gasteiger partial charge in [0, 0.05) is 32.2 Å². The number of sulfonamides is 1. The number of hydrogen-bond donors (Lipinski definition) is 0. The first-order chi connectivity index (χ1) is 13.4. The van der Waals surface area contributed by atoms with Gasteiger partial charge in [0.25, 0.3) is 0 Å². The minimum Gasteiger partial charge on any atom is -0.381 e. The van der Waals surface area contributed by atoms with Gasteiger partial charge in [-0.3, -0.25) is 0 Å². The topological polar surface area (TPSA) is 77.3 Å². The normalized spacial score (nSPS) is 22.0. The van der Waals surface area contributed by atoms with E-state index in [2.05, 4.69) is 10.1 Å². The van der Waals surface area contributed by atoms with Crippen molar-refractivity contribution in [3.05, 3.63) is 41.2 Å². The standard InChI is InChI=1S/C19H25FN4O3S/c1-13-11-17(3-4-18(13)20)28(25,26)23-8-5-16(12-23)24-19(21-14(2)22-24)15-6-9-27-10-7-15/h3-4,11,15-16H,5-10,12H2,1-2H3. The zero-order chi connectivity index (χ0) is 19.9. The lowest BCUT2D eigenvalue weighted by Gasteiger charge is -2.23. The lowest BCUT2D eigenvalue weighted by atomic mass is 9.99. The van der Waals surface area contributed by atoms with Crippen molar-refractivity contribution in [2.24, 2.45) is 0 Å². The van der Waals surface area contributed by atoms with Crippen LogP contribution in [0, 0.1) is 19.7 Å². The molecule has 0 spiro atoms. The van der Waals surface area contributed by atoms with E-state index in [9.17, 15) is 12.8 Å². The van der Waals surface area contributed by atoms with Crippen LogP contribution in [0.15, 0.2) is 23.1 Å². The Morgan fingerprint density at radius 3 is 2.64 bits per heavy atom.